The van der Waals surface area contributed by atoms with Crippen LogP contribution in [0.1, 0.15) is 71.4 Å². The van der Waals surface area contributed by atoms with Gasteiger partial charge in [-0.15, -0.1) is 0 Å². The summed E-state index contributed by atoms with van der Waals surface area (Å²) in [5, 5.41) is 16.4. The molecule has 34 heavy (non-hydrogen) atoms. The molecule has 1 aromatic rings. The predicted molar refractivity (Wildman–Crippen MR) is 135 cm³/mol. The molecule has 0 aromatic heterocycles. The van der Waals surface area contributed by atoms with Crippen LogP contribution in [-0.2, 0) is 16.6 Å². The predicted octanol–water partition coefficient (Wildman–Crippen LogP) is 3.86. The molecule has 1 unspecified atom stereocenters. The molecule has 190 valence electrons. The van der Waals surface area contributed by atoms with E-state index < -0.39 is 11.0 Å². The first-order valence-corrected chi connectivity index (χ1v) is 12.2. The molecule has 0 saturated carbocycles. The molecule has 0 spiro atoms. The normalized spacial score (nSPS) is 16.0. The van der Waals surface area contributed by atoms with Gasteiger partial charge >= 0.3 is 0 Å². The second-order valence-electron chi connectivity index (χ2n) is 9.89. The minimum atomic E-state index is -1.02. The van der Waals surface area contributed by atoms with Gasteiger partial charge in [-0.05, 0) is 78.5 Å². The minimum Gasteiger partial charge on any atom is -0.490 e. The van der Waals surface area contributed by atoms with Crippen LogP contribution in [0.2, 0.25) is 0 Å². The van der Waals surface area contributed by atoms with Crippen LogP contribution in [0.15, 0.2) is 35.6 Å². The second kappa shape index (κ2) is 11.8. The number of hydrogen-bond acceptors (Lipinski definition) is 5. The van der Waals surface area contributed by atoms with Crippen molar-refractivity contribution in [2.75, 3.05) is 26.2 Å². The Labute approximate surface area is 203 Å². The molecular weight excluding hydrogens is 433 g/mol. The van der Waals surface area contributed by atoms with E-state index in [0.29, 0.717) is 43.7 Å². The fourth-order valence-electron chi connectivity index (χ4n) is 4.73. The minimum absolute atomic E-state index is 0.0839. The summed E-state index contributed by atoms with van der Waals surface area (Å²) in [5.41, 5.74) is 7.96. The van der Waals surface area contributed by atoms with Gasteiger partial charge in [0.1, 0.15) is 18.2 Å². The van der Waals surface area contributed by atoms with Gasteiger partial charge in [0.15, 0.2) is 0 Å². The highest BCUT2D eigenvalue weighted by molar-refractivity contribution is 5.94. The number of rotatable bonds is 12. The zero-order valence-corrected chi connectivity index (χ0v) is 21.4. The van der Waals surface area contributed by atoms with Crippen LogP contribution in [0.5, 0.6) is 5.75 Å². The quantitative estimate of drug-likeness (QED) is 0.344. The summed E-state index contributed by atoms with van der Waals surface area (Å²) in [6, 6.07) is 3.02. The SMILES string of the molecule is C=C(C)C(CCN)(CCNC(=O)C1=C(C)NCCC1)c1c(F)ccc(OCC(C)(C)O)c1CC. The maximum atomic E-state index is 15.5. The van der Waals surface area contributed by atoms with Crippen molar-refractivity contribution in [1.82, 2.24) is 10.6 Å². The summed E-state index contributed by atoms with van der Waals surface area (Å²) < 4.78 is 21.4. The average molecular weight is 476 g/mol. The van der Waals surface area contributed by atoms with Crippen LogP contribution in [-0.4, -0.2) is 42.9 Å². The number of allylic oxidation sites excluding steroid dienone is 2. The third-order valence-electron chi connectivity index (χ3n) is 6.58. The Hall–Kier alpha value is -2.38. The van der Waals surface area contributed by atoms with Crippen LogP contribution in [0.4, 0.5) is 4.39 Å². The molecule has 1 aliphatic heterocycles. The van der Waals surface area contributed by atoms with E-state index in [-0.39, 0.29) is 18.3 Å². The fourth-order valence-corrected chi connectivity index (χ4v) is 4.73. The monoisotopic (exact) mass is 475 g/mol. The Kier molecular flexibility index (Phi) is 9.71. The molecule has 1 heterocycles. The number of carbonyl (C=O) groups is 1. The molecular formula is C27H42FN3O3. The van der Waals surface area contributed by atoms with Crippen molar-refractivity contribution >= 4 is 5.91 Å². The second-order valence-corrected chi connectivity index (χ2v) is 9.89. The van der Waals surface area contributed by atoms with Crippen LogP contribution in [0.3, 0.4) is 0 Å². The lowest BCUT2D eigenvalue weighted by atomic mass is 9.68. The van der Waals surface area contributed by atoms with Crippen LogP contribution < -0.4 is 21.1 Å². The molecule has 1 aromatic carbocycles. The van der Waals surface area contributed by atoms with Crippen molar-refractivity contribution in [1.29, 1.82) is 0 Å². The highest BCUT2D eigenvalue weighted by Gasteiger charge is 2.38. The van der Waals surface area contributed by atoms with E-state index in [2.05, 4.69) is 17.2 Å². The Bertz CT molecular complexity index is 920. The van der Waals surface area contributed by atoms with Crippen molar-refractivity contribution in [3.05, 3.63) is 52.5 Å². The maximum Gasteiger partial charge on any atom is 0.248 e. The molecule has 0 bridgehead atoms. The Balaban J connectivity index is 2.41. The summed E-state index contributed by atoms with van der Waals surface area (Å²) in [6.07, 6.45) is 3.15. The molecule has 0 radical (unpaired) electrons. The molecule has 1 amide bonds. The highest BCUT2D eigenvalue weighted by Crippen LogP contribution is 2.44. The summed E-state index contributed by atoms with van der Waals surface area (Å²) >= 11 is 0. The molecule has 7 heteroatoms. The van der Waals surface area contributed by atoms with Crippen molar-refractivity contribution in [3.8, 4) is 5.75 Å². The number of hydrogen-bond donors (Lipinski definition) is 4. The van der Waals surface area contributed by atoms with Gasteiger partial charge in [-0.2, -0.15) is 0 Å². The first kappa shape index (κ1) is 27.9. The standard InChI is InChI=1S/C27H42FN3O3/c1-7-20-23(34-17-26(5,6)33)11-10-22(28)24(20)27(12-14-29,18(2)3)13-16-31-25(32)21-9-8-15-30-19(21)4/h10-11,30,33H,2,7-9,12-17,29H2,1,3-6H3,(H,31,32). The van der Waals surface area contributed by atoms with Crippen LogP contribution >= 0.6 is 0 Å². The van der Waals surface area contributed by atoms with Gasteiger partial charge in [0, 0.05) is 40.9 Å². The van der Waals surface area contributed by atoms with Crippen LogP contribution in [0, 0.1) is 5.82 Å². The third-order valence-corrected chi connectivity index (χ3v) is 6.58. The van der Waals surface area contributed by atoms with Crippen LogP contribution in [0.25, 0.3) is 0 Å². The number of benzene rings is 1. The first-order valence-electron chi connectivity index (χ1n) is 12.2. The van der Waals surface area contributed by atoms with E-state index in [4.69, 9.17) is 10.5 Å². The Morgan fingerprint density at radius 1 is 1.35 bits per heavy atom. The van der Waals surface area contributed by atoms with Gasteiger partial charge in [0.25, 0.3) is 0 Å². The summed E-state index contributed by atoms with van der Waals surface area (Å²) in [6.45, 7) is 15.0. The zero-order chi connectivity index (χ0) is 25.5. The van der Waals surface area contributed by atoms with E-state index in [0.717, 1.165) is 41.8 Å². The van der Waals surface area contributed by atoms with E-state index in [1.165, 1.54) is 6.07 Å². The first-order chi connectivity index (χ1) is 16.0. The molecule has 1 atom stereocenters. The number of amides is 1. The smallest absolute Gasteiger partial charge is 0.248 e. The van der Waals surface area contributed by atoms with Crippen molar-refractivity contribution < 1.29 is 19.0 Å². The Morgan fingerprint density at radius 3 is 2.62 bits per heavy atom. The molecule has 0 saturated heterocycles. The average Bonchev–Trinajstić information content (AvgIpc) is 2.76. The van der Waals surface area contributed by atoms with Crippen molar-refractivity contribution in [3.63, 3.8) is 0 Å². The summed E-state index contributed by atoms with van der Waals surface area (Å²) in [4.78, 5) is 12.8. The van der Waals surface area contributed by atoms with Gasteiger partial charge in [-0.3, -0.25) is 4.79 Å². The third kappa shape index (κ3) is 6.60. The summed E-state index contributed by atoms with van der Waals surface area (Å²) in [7, 11) is 0. The number of carbonyl (C=O) groups excluding carboxylic acids is 1. The van der Waals surface area contributed by atoms with E-state index in [1.807, 2.05) is 20.8 Å². The van der Waals surface area contributed by atoms with E-state index in [9.17, 15) is 9.90 Å². The molecule has 0 fully saturated rings. The van der Waals surface area contributed by atoms with Crippen molar-refractivity contribution in [2.24, 2.45) is 5.73 Å². The lowest BCUT2D eigenvalue weighted by Gasteiger charge is -2.38. The maximum absolute atomic E-state index is 15.5. The number of aliphatic hydroxyl groups is 1. The molecule has 2 rings (SSSR count). The molecule has 0 aliphatic carbocycles. The van der Waals surface area contributed by atoms with Gasteiger partial charge in [-0.25, -0.2) is 4.39 Å². The lowest BCUT2D eigenvalue weighted by Crippen LogP contribution is -2.38. The fraction of sp³-hybridized carbons (Fsp3) is 0.593. The van der Waals surface area contributed by atoms with Gasteiger partial charge in [-0.1, -0.05) is 19.1 Å². The van der Waals surface area contributed by atoms with Gasteiger partial charge in [0.05, 0.1) is 5.60 Å². The van der Waals surface area contributed by atoms with Gasteiger partial charge in [0.2, 0.25) is 5.91 Å². The largest absolute Gasteiger partial charge is 0.490 e. The van der Waals surface area contributed by atoms with Gasteiger partial charge < -0.3 is 26.2 Å². The zero-order valence-electron chi connectivity index (χ0n) is 21.4. The molecule has 5 N–H and O–H groups in total. The number of ether oxygens (including phenoxy) is 1. The van der Waals surface area contributed by atoms with E-state index >= 15 is 4.39 Å². The molecule has 6 nitrogen and oxygen atoms in total. The van der Waals surface area contributed by atoms with E-state index in [1.54, 1.807) is 19.9 Å². The topological polar surface area (TPSA) is 96.6 Å². The summed E-state index contributed by atoms with van der Waals surface area (Å²) in [5.74, 6) is 0.110. The highest BCUT2D eigenvalue weighted by atomic mass is 19.1. The number of nitrogens with one attached hydrogen (secondary N) is 2. The number of nitrogens with two attached hydrogens (primary N) is 1. The lowest BCUT2D eigenvalue weighted by molar-refractivity contribution is -0.117. The van der Waals surface area contributed by atoms with Crippen molar-refractivity contribution in [2.45, 2.75) is 77.7 Å². The molecule has 1 aliphatic rings. The number of halogens is 1. The Morgan fingerprint density at radius 2 is 2.06 bits per heavy atom.